The number of aryl methyl sites for hydroxylation is 1. The van der Waals surface area contributed by atoms with Gasteiger partial charge in [-0.05, 0) is 42.7 Å². The monoisotopic (exact) mass is 219 g/mol. The molecule has 2 rings (SSSR count). The zero-order valence-electron chi connectivity index (χ0n) is 9.28. The second-order valence-electron chi connectivity index (χ2n) is 4.45. The summed E-state index contributed by atoms with van der Waals surface area (Å²) in [5.74, 6) is 0.698. The fourth-order valence-corrected chi connectivity index (χ4v) is 1.99. The van der Waals surface area contributed by atoms with Gasteiger partial charge in [0, 0.05) is 6.42 Å². The van der Waals surface area contributed by atoms with E-state index in [1.807, 2.05) is 18.2 Å². The topological polar surface area (TPSA) is 63.3 Å². The maximum absolute atomic E-state index is 10.6. The number of phenols is 1. The molecule has 16 heavy (non-hydrogen) atoms. The van der Waals surface area contributed by atoms with Crippen molar-refractivity contribution < 1.29 is 9.90 Å². The largest absolute Gasteiger partial charge is 0.507 e. The van der Waals surface area contributed by atoms with Gasteiger partial charge in [-0.3, -0.25) is 4.79 Å². The number of rotatable bonds is 5. The van der Waals surface area contributed by atoms with Gasteiger partial charge in [0.15, 0.2) is 0 Å². The highest BCUT2D eigenvalue weighted by molar-refractivity contribution is 5.73. The van der Waals surface area contributed by atoms with Gasteiger partial charge in [-0.15, -0.1) is 0 Å². The van der Waals surface area contributed by atoms with Crippen molar-refractivity contribution in [1.29, 1.82) is 0 Å². The number of carbonyl (C=O) groups excluding carboxylic acids is 1. The first-order valence-electron chi connectivity index (χ1n) is 5.77. The Morgan fingerprint density at radius 3 is 2.81 bits per heavy atom. The van der Waals surface area contributed by atoms with E-state index in [1.54, 1.807) is 0 Å². The molecule has 0 radical (unpaired) electrons. The summed E-state index contributed by atoms with van der Waals surface area (Å²) in [6.45, 7) is 0. The molecule has 0 spiro atoms. The number of benzene rings is 1. The predicted octanol–water partition coefficient (Wildman–Crippen LogP) is 2.08. The van der Waals surface area contributed by atoms with Gasteiger partial charge in [0.25, 0.3) is 0 Å². The van der Waals surface area contributed by atoms with Crippen molar-refractivity contribution in [2.45, 2.75) is 38.0 Å². The van der Waals surface area contributed by atoms with Gasteiger partial charge >= 0.3 is 0 Å². The molecule has 0 aliphatic heterocycles. The first-order chi connectivity index (χ1) is 7.68. The van der Waals surface area contributed by atoms with Crippen molar-refractivity contribution in [3.05, 3.63) is 29.3 Å². The van der Waals surface area contributed by atoms with Crippen LogP contribution in [0.25, 0.3) is 0 Å². The maximum atomic E-state index is 10.6. The Kier molecular flexibility index (Phi) is 3.13. The molecule has 1 fully saturated rings. The fraction of sp³-hybridized carbons (Fsp3) is 0.462. The fourth-order valence-electron chi connectivity index (χ4n) is 1.99. The molecule has 3 N–H and O–H groups in total. The lowest BCUT2D eigenvalue weighted by molar-refractivity contribution is -0.118. The van der Waals surface area contributed by atoms with Crippen LogP contribution in [0.3, 0.4) is 0 Å². The second-order valence-corrected chi connectivity index (χ2v) is 4.45. The van der Waals surface area contributed by atoms with Crippen LogP contribution < -0.4 is 5.73 Å². The van der Waals surface area contributed by atoms with Crippen molar-refractivity contribution in [1.82, 2.24) is 0 Å². The van der Waals surface area contributed by atoms with Gasteiger partial charge in [-0.25, -0.2) is 0 Å². The molecule has 1 amide bonds. The summed E-state index contributed by atoms with van der Waals surface area (Å²) in [6, 6.07) is 5.89. The average molecular weight is 219 g/mol. The first-order valence-corrected chi connectivity index (χ1v) is 5.77. The van der Waals surface area contributed by atoms with Gasteiger partial charge in [0.05, 0.1) is 0 Å². The van der Waals surface area contributed by atoms with Gasteiger partial charge in [0.2, 0.25) is 5.91 Å². The van der Waals surface area contributed by atoms with Crippen LogP contribution in [0.1, 0.15) is 42.7 Å². The van der Waals surface area contributed by atoms with Gasteiger partial charge < -0.3 is 10.8 Å². The molecule has 1 aromatic carbocycles. The third-order valence-electron chi connectivity index (χ3n) is 3.04. The first kappa shape index (κ1) is 11.0. The van der Waals surface area contributed by atoms with Gasteiger partial charge in [0.1, 0.15) is 5.75 Å². The van der Waals surface area contributed by atoms with Crippen LogP contribution in [-0.2, 0) is 11.2 Å². The van der Waals surface area contributed by atoms with E-state index in [9.17, 15) is 9.90 Å². The lowest BCUT2D eigenvalue weighted by atomic mass is 10.0. The van der Waals surface area contributed by atoms with Gasteiger partial charge in [-0.2, -0.15) is 0 Å². The van der Waals surface area contributed by atoms with Crippen LogP contribution in [0.2, 0.25) is 0 Å². The number of nitrogens with two attached hydrogens (primary N) is 1. The lowest BCUT2D eigenvalue weighted by Crippen LogP contribution is -2.10. The van der Waals surface area contributed by atoms with E-state index in [4.69, 9.17) is 5.73 Å². The van der Waals surface area contributed by atoms with Crippen LogP contribution in [-0.4, -0.2) is 11.0 Å². The second kappa shape index (κ2) is 4.56. The highest BCUT2D eigenvalue weighted by Gasteiger charge is 2.26. The molecule has 1 aromatic rings. The van der Waals surface area contributed by atoms with E-state index in [0.717, 1.165) is 17.5 Å². The molecular formula is C13H17NO2. The van der Waals surface area contributed by atoms with Crippen molar-refractivity contribution in [3.63, 3.8) is 0 Å². The molecule has 0 atom stereocenters. The lowest BCUT2D eigenvalue weighted by Gasteiger charge is -2.08. The van der Waals surface area contributed by atoms with Crippen molar-refractivity contribution >= 4 is 5.91 Å². The number of phenolic OH excluding ortho intramolecular Hbond substituents is 1. The van der Waals surface area contributed by atoms with Crippen molar-refractivity contribution in [2.24, 2.45) is 5.73 Å². The Balaban J connectivity index is 2.03. The SMILES string of the molecule is NC(=O)CCCc1cccc(C2CC2)c1O. The van der Waals surface area contributed by atoms with E-state index in [1.165, 1.54) is 12.8 Å². The smallest absolute Gasteiger partial charge is 0.217 e. The van der Waals surface area contributed by atoms with Crippen molar-refractivity contribution in [3.8, 4) is 5.75 Å². The molecule has 1 aliphatic rings. The summed E-state index contributed by atoms with van der Waals surface area (Å²) >= 11 is 0. The molecule has 0 bridgehead atoms. The normalized spacial score (nSPS) is 15.0. The van der Waals surface area contributed by atoms with E-state index in [-0.39, 0.29) is 5.91 Å². The Bertz CT molecular complexity index is 397. The molecule has 1 saturated carbocycles. The van der Waals surface area contributed by atoms with E-state index in [2.05, 4.69) is 0 Å². The number of carbonyl (C=O) groups is 1. The zero-order chi connectivity index (χ0) is 11.5. The molecule has 0 unspecified atom stereocenters. The van der Waals surface area contributed by atoms with Crippen LogP contribution >= 0.6 is 0 Å². The summed E-state index contributed by atoms with van der Waals surface area (Å²) in [4.78, 5) is 10.6. The van der Waals surface area contributed by atoms with Crippen LogP contribution in [0.4, 0.5) is 0 Å². The number of amides is 1. The highest BCUT2D eigenvalue weighted by atomic mass is 16.3. The minimum atomic E-state index is -0.280. The molecule has 3 heteroatoms. The Morgan fingerprint density at radius 2 is 2.19 bits per heavy atom. The van der Waals surface area contributed by atoms with Gasteiger partial charge in [-0.1, -0.05) is 18.2 Å². The summed E-state index contributed by atoms with van der Waals surface area (Å²) in [6.07, 6.45) is 4.16. The highest BCUT2D eigenvalue weighted by Crippen LogP contribution is 2.44. The summed E-state index contributed by atoms with van der Waals surface area (Å²) in [7, 11) is 0. The molecule has 0 aromatic heterocycles. The third-order valence-corrected chi connectivity index (χ3v) is 3.04. The maximum Gasteiger partial charge on any atom is 0.217 e. The summed E-state index contributed by atoms with van der Waals surface area (Å²) in [5.41, 5.74) is 7.08. The number of primary amides is 1. The minimum Gasteiger partial charge on any atom is -0.507 e. The summed E-state index contributed by atoms with van der Waals surface area (Å²) < 4.78 is 0. The molecule has 0 heterocycles. The molecule has 86 valence electrons. The molecular weight excluding hydrogens is 202 g/mol. The Morgan fingerprint density at radius 1 is 1.44 bits per heavy atom. The quantitative estimate of drug-likeness (QED) is 0.796. The van der Waals surface area contributed by atoms with Crippen LogP contribution in [0.15, 0.2) is 18.2 Å². The molecule has 3 nitrogen and oxygen atoms in total. The number of hydrogen-bond donors (Lipinski definition) is 2. The molecule has 1 aliphatic carbocycles. The van der Waals surface area contributed by atoms with Crippen LogP contribution in [0.5, 0.6) is 5.75 Å². The average Bonchev–Trinajstić information content (AvgIpc) is 3.04. The van der Waals surface area contributed by atoms with E-state index in [0.29, 0.717) is 24.5 Å². The number of hydrogen-bond acceptors (Lipinski definition) is 2. The Labute approximate surface area is 95.3 Å². The Hall–Kier alpha value is -1.51. The third kappa shape index (κ3) is 2.54. The number of aromatic hydroxyl groups is 1. The minimum absolute atomic E-state index is 0.280. The molecule has 0 saturated heterocycles. The predicted molar refractivity (Wildman–Crippen MR) is 62.2 cm³/mol. The summed E-state index contributed by atoms with van der Waals surface area (Å²) in [5, 5.41) is 10.0. The number of para-hydroxylation sites is 1. The standard InChI is InChI=1S/C13H17NO2/c14-12(15)6-2-4-10-3-1-5-11(13(10)16)9-7-8-9/h1,3,5,9,16H,2,4,6-8H2,(H2,14,15). The zero-order valence-corrected chi connectivity index (χ0v) is 9.28. The van der Waals surface area contributed by atoms with E-state index >= 15 is 0 Å². The van der Waals surface area contributed by atoms with E-state index < -0.39 is 0 Å². The van der Waals surface area contributed by atoms with Crippen LogP contribution in [0, 0.1) is 0 Å². The van der Waals surface area contributed by atoms with Crippen molar-refractivity contribution in [2.75, 3.05) is 0 Å².